The molecule has 2 aromatic carbocycles. The molecule has 0 saturated carbocycles. The van der Waals surface area contributed by atoms with E-state index in [1.54, 1.807) is 23.7 Å². The largest absolute Gasteiger partial charge is 0.379 e. The van der Waals surface area contributed by atoms with Crippen LogP contribution in [-0.2, 0) is 22.9 Å². The number of nitrogens with zero attached hydrogens (tertiary/aromatic N) is 2. The average Bonchev–Trinajstić information content (AvgIpc) is 3.09. The lowest BCUT2D eigenvalue weighted by atomic mass is 9.95. The first-order valence-corrected chi connectivity index (χ1v) is 11.2. The molecule has 0 bridgehead atoms. The molecule has 0 saturated heterocycles. The van der Waals surface area contributed by atoms with Crippen molar-refractivity contribution in [2.45, 2.75) is 20.3 Å². The molecule has 0 aliphatic carbocycles. The van der Waals surface area contributed by atoms with E-state index in [0.29, 0.717) is 36.3 Å². The van der Waals surface area contributed by atoms with Crippen molar-refractivity contribution in [3.8, 4) is 0 Å². The molecule has 0 fully saturated rings. The van der Waals surface area contributed by atoms with E-state index in [1.807, 2.05) is 12.1 Å². The summed E-state index contributed by atoms with van der Waals surface area (Å²) in [5.74, 6) is -0.377. The number of hydrogen-bond donors (Lipinski definition) is 0. The molecule has 0 aliphatic heterocycles. The van der Waals surface area contributed by atoms with Gasteiger partial charge in [0.1, 0.15) is 12.1 Å². The third-order valence-electron chi connectivity index (χ3n) is 4.80. The zero-order chi connectivity index (χ0) is 22.5. The van der Waals surface area contributed by atoms with Crippen molar-refractivity contribution < 1.29 is 18.7 Å². The van der Waals surface area contributed by atoms with E-state index in [0.717, 1.165) is 10.0 Å². The molecular formula is C23H25BrClFN2O3. The van der Waals surface area contributed by atoms with Crippen LogP contribution < -0.4 is 0 Å². The van der Waals surface area contributed by atoms with Crippen LogP contribution in [0.4, 0.5) is 4.39 Å². The molecule has 1 heterocycles. The molecule has 3 aromatic rings. The number of Topliss-reactive ketones (excluding diaryl/α,β-unsaturated/α-hetero) is 1. The molecule has 166 valence electrons. The minimum Gasteiger partial charge on any atom is -0.379 e. The van der Waals surface area contributed by atoms with Crippen LogP contribution in [0.25, 0.3) is 11.0 Å². The highest BCUT2D eigenvalue weighted by Crippen LogP contribution is 2.29. The van der Waals surface area contributed by atoms with Crippen LogP contribution in [0.3, 0.4) is 0 Å². The molecule has 1 aromatic heterocycles. The summed E-state index contributed by atoms with van der Waals surface area (Å²) in [4.78, 5) is 17.1. The second-order valence-electron chi connectivity index (χ2n) is 7.80. The van der Waals surface area contributed by atoms with Gasteiger partial charge in [0.15, 0.2) is 11.6 Å². The molecular weight excluding hydrogens is 487 g/mol. The van der Waals surface area contributed by atoms with Crippen molar-refractivity contribution in [2.75, 3.05) is 26.4 Å². The van der Waals surface area contributed by atoms with Gasteiger partial charge in [-0.15, -0.1) is 0 Å². The van der Waals surface area contributed by atoms with Crippen molar-refractivity contribution >= 4 is 44.3 Å². The van der Waals surface area contributed by atoms with E-state index in [-0.39, 0.29) is 35.5 Å². The van der Waals surface area contributed by atoms with Crippen LogP contribution in [0, 0.1) is 11.7 Å². The number of carbonyl (C=O) groups is 1. The standard InChI is InChI=1S/C23H25BrClFN2O3/c1-14(2)11-30-6-7-31-12-21(29)17-10-20-23(27-13-28(20)3)22(26)18(17)8-15-4-5-16(24)9-19(15)25/h4-5,9-10,13-14H,6-8,11-12H2,1-3H3. The third-order valence-corrected chi connectivity index (χ3v) is 5.65. The van der Waals surface area contributed by atoms with Crippen LogP contribution in [0.2, 0.25) is 5.02 Å². The van der Waals surface area contributed by atoms with E-state index < -0.39 is 5.82 Å². The summed E-state index contributed by atoms with van der Waals surface area (Å²) in [7, 11) is 1.76. The lowest BCUT2D eigenvalue weighted by Crippen LogP contribution is -2.16. The summed E-state index contributed by atoms with van der Waals surface area (Å²) in [5, 5.41) is 0.492. The van der Waals surface area contributed by atoms with Gasteiger partial charge < -0.3 is 14.0 Å². The first-order chi connectivity index (χ1) is 14.8. The number of imidazole rings is 1. The van der Waals surface area contributed by atoms with Gasteiger partial charge >= 0.3 is 0 Å². The Kier molecular flexibility index (Phi) is 8.22. The van der Waals surface area contributed by atoms with Crippen molar-refractivity contribution in [3.63, 3.8) is 0 Å². The Morgan fingerprint density at radius 1 is 1.26 bits per heavy atom. The Morgan fingerprint density at radius 2 is 2.00 bits per heavy atom. The summed E-state index contributed by atoms with van der Waals surface area (Å²) in [5.41, 5.74) is 2.03. The summed E-state index contributed by atoms with van der Waals surface area (Å²) >= 11 is 9.72. The molecule has 0 radical (unpaired) electrons. The molecule has 0 aliphatic rings. The molecule has 8 heteroatoms. The van der Waals surface area contributed by atoms with Gasteiger partial charge in [0, 0.05) is 40.7 Å². The third kappa shape index (κ3) is 5.92. The molecule has 0 N–H and O–H groups in total. The Bertz CT molecular complexity index is 1080. The second-order valence-corrected chi connectivity index (χ2v) is 9.12. The fourth-order valence-electron chi connectivity index (χ4n) is 3.22. The Hall–Kier alpha value is -1.80. The van der Waals surface area contributed by atoms with E-state index in [2.05, 4.69) is 34.8 Å². The fraction of sp³-hybridized carbons (Fsp3) is 0.391. The number of halogens is 3. The van der Waals surface area contributed by atoms with E-state index in [1.165, 1.54) is 6.33 Å². The van der Waals surface area contributed by atoms with E-state index in [4.69, 9.17) is 21.1 Å². The minimum absolute atomic E-state index is 0.158. The highest BCUT2D eigenvalue weighted by atomic mass is 79.9. The van der Waals surface area contributed by atoms with Crippen molar-refractivity contribution in [1.82, 2.24) is 9.55 Å². The summed E-state index contributed by atoms with van der Waals surface area (Å²) in [6.07, 6.45) is 1.70. The molecule has 5 nitrogen and oxygen atoms in total. The van der Waals surface area contributed by atoms with Crippen LogP contribution in [0.5, 0.6) is 0 Å². The zero-order valence-electron chi connectivity index (χ0n) is 17.8. The average molecular weight is 512 g/mol. The van der Waals surface area contributed by atoms with Crippen molar-refractivity contribution in [2.24, 2.45) is 13.0 Å². The number of aromatic nitrogens is 2. The number of ether oxygens (including phenoxy) is 2. The van der Waals surface area contributed by atoms with Gasteiger partial charge in [0.05, 0.1) is 25.1 Å². The van der Waals surface area contributed by atoms with Crippen molar-refractivity contribution in [1.29, 1.82) is 0 Å². The SMILES string of the molecule is CC(C)COCCOCC(=O)c1cc2c(ncn2C)c(F)c1Cc1ccc(Br)cc1Cl. The van der Waals surface area contributed by atoms with Gasteiger partial charge in [0.2, 0.25) is 0 Å². The van der Waals surface area contributed by atoms with Gasteiger partial charge in [-0.25, -0.2) is 9.37 Å². The van der Waals surface area contributed by atoms with Gasteiger partial charge in [-0.3, -0.25) is 4.79 Å². The lowest BCUT2D eigenvalue weighted by molar-refractivity contribution is 0.0363. The maximum absolute atomic E-state index is 15.4. The van der Waals surface area contributed by atoms with E-state index in [9.17, 15) is 4.79 Å². The highest BCUT2D eigenvalue weighted by Gasteiger charge is 2.22. The normalized spacial score (nSPS) is 11.6. The lowest BCUT2D eigenvalue weighted by Gasteiger charge is -2.13. The highest BCUT2D eigenvalue weighted by molar-refractivity contribution is 9.10. The molecule has 0 atom stereocenters. The molecule has 0 spiro atoms. The summed E-state index contributed by atoms with van der Waals surface area (Å²) < 4.78 is 28.9. The summed E-state index contributed by atoms with van der Waals surface area (Å²) in [6, 6.07) is 7.07. The topological polar surface area (TPSA) is 53.4 Å². The Morgan fingerprint density at radius 3 is 2.71 bits per heavy atom. The van der Waals surface area contributed by atoms with Gasteiger partial charge in [-0.2, -0.15) is 0 Å². The molecule has 0 unspecified atom stereocenters. The number of rotatable bonds is 10. The number of ketones is 1. The predicted octanol–water partition coefficient (Wildman–Crippen LogP) is 5.59. The smallest absolute Gasteiger partial charge is 0.188 e. The van der Waals surface area contributed by atoms with Crippen LogP contribution >= 0.6 is 27.5 Å². The monoisotopic (exact) mass is 510 g/mol. The van der Waals surface area contributed by atoms with Crippen molar-refractivity contribution in [3.05, 3.63) is 62.6 Å². The molecule has 31 heavy (non-hydrogen) atoms. The van der Waals surface area contributed by atoms with Gasteiger partial charge in [-0.05, 0) is 29.7 Å². The Balaban J connectivity index is 1.85. The first kappa shape index (κ1) is 23.9. The fourth-order valence-corrected chi connectivity index (χ4v) is 3.96. The van der Waals surface area contributed by atoms with Gasteiger partial charge in [-0.1, -0.05) is 47.4 Å². The van der Waals surface area contributed by atoms with Crippen LogP contribution in [0.15, 0.2) is 35.1 Å². The second kappa shape index (κ2) is 10.7. The Labute approximate surface area is 194 Å². The first-order valence-electron chi connectivity index (χ1n) is 10.0. The number of carbonyl (C=O) groups excluding carboxylic acids is 1. The number of fused-ring (bicyclic) bond motifs is 1. The molecule has 3 rings (SSSR count). The van der Waals surface area contributed by atoms with Crippen LogP contribution in [-0.4, -0.2) is 41.8 Å². The number of aryl methyl sites for hydroxylation is 1. The maximum Gasteiger partial charge on any atom is 0.188 e. The molecule has 0 amide bonds. The zero-order valence-corrected chi connectivity index (χ0v) is 20.1. The van der Waals surface area contributed by atoms with Gasteiger partial charge in [0.25, 0.3) is 0 Å². The minimum atomic E-state index is -0.513. The number of hydrogen-bond acceptors (Lipinski definition) is 4. The number of benzene rings is 2. The van der Waals surface area contributed by atoms with E-state index >= 15 is 4.39 Å². The quantitative estimate of drug-likeness (QED) is 0.263. The predicted molar refractivity (Wildman–Crippen MR) is 123 cm³/mol. The maximum atomic E-state index is 15.4. The summed E-state index contributed by atoms with van der Waals surface area (Å²) in [6.45, 7) is 5.30. The van der Waals surface area contributed by atoms with Crippen LogP contribution in [0.1, 0.15) is 35.3 Å².